The molecule has 0 spiro atoms. The lowest BCUT2D eigenvalue weighted by Crippen LogP contribution is -2.19. The summed E-state index contributed by atoms with van der Waals surface area (Å²) in [5.74, 6) is 1.21. The Morgan fingerprint density at radius 2 is 2.28 bits per heavy atom. The smallest absolute Gasteiger partial charge is 0.140 e. The van der Waals surface area contributed by atoms with E-state index in [1.54, 1.807) is 7.11 Å². The van der Waals surface area contributed by atoms with Crippen LogP contribution in [0.5, 0.6) is 5.75 Å². The Morgan fingerprint density at radius 3 is 2.89 bits per heavy atom. The highest BCUT2D eigenvalue weighted by molar-refractivity contribution is 9.10. The number of hydrogen-bond acceptors (Lipinski definition) is 3. The number of Topliss-reactive ketones (excluding diaryl/α,β-unsaturated/α-hetero) is 1. The summed E-state index contributed by atoms with van der Waals surface area (Å²) in [6.45, 7) is 0. The van der Waals surface area contributed by atoms with Crippen molar-refractivity contribution in [3.8, 4) is 5.75 Å². The molecule has 0 saturated heterocycles. The number of hydrogen-bond donors (Lipinski definition) is 1. The van der Waals surface area contributed by atoms with Crippen LogP contribution in [0.4, 0.5) is 0 Å². The monoisotopic (exact) mass is 311 g/mol. The molecule has 3 nitrogen and oxygen atoms in total. The first-order valence-corrected chi connectivity index (χ1v) is 7.00. The summed E-state index contributed by atoms with van der Waals surface area (Å²) in [5.41, 5.74) is 6.84. The van der Waals surface area contributed by atoms with E-state index in [-0.39, 0.29) is 17.7 Å². The van der Waals surface area contributed by atoms with E-state index in [0.29, 0.717) is 6.42 Å². The normalized spacial score (nSPS) is 23.1. The fourth-order valence-electron chi connectivity index (χ4n) is 2.45. The number of halogens is 1. The Kier molecular flexibility index (Phi) is 4.40. The summed E-state index contributed by atoms with van der Waals surface area (Å²) >= 11 is 3.48. The van der Waals surface area contributed by atoms with Gasteiger partial charge in [0.05, 0.1) is 7.11 Å². The lowest BCUT2D eigenvalue weighted by Gasteiger charge is -2.10. The number of nitrogens with two attached hydrogens (primary N) is 1. The van der Waals surface area contributed by atoms with E-state index >= 15 is 0 Å². The average molecular weight is 312 g/mol. The molecule has 2 unspecified atom stereocenters. The molecule has 4 heteroatoms. The minimum Gasteiger partial charge on any atom is -0.497 e. The predicted molar refractivity (Wildman–Crippen MR) is 74.7 cm³/mol. The first kappa shape index (κ1) is 13.6. The fourth-order valence-corrected chi connectivity index (χ4v) is 2.84. The van der Waals surface area contributed by atoms with Crippen LogP contribution in [0.3, 0.4) is 0 Å². The van der Waals surface area contributed by atoms with Gasteiger partial charge < -0.3 is 10.5 Å². The minimum absolute atomic E-state index is 0.137. The summed E-state index contributed by atoms with van der Waals surface area (Å²) < 4.78 is 6.14. The quantitative estimate of drug-likeness (QED) is 0.930. The Labute approximate surface area is 116 Å². The molecule has 0 aliphatic heterocycles. The first-order valence-electron chi connectivity index (χ1n) is 6.21. The van der Waals surface area contributed by atoms with Gasteiger partial charge in [-0.1, -0.05) is 15.9 Å². The second-order valence-corrected chi connectivity index (χ2v) is 5.72. The standard InChI is InChI=1S/C14H18BrNO2/c1-18-12-4-5-13(15)10(7-12)8-14(17)9-2-3-11(16)6-9/h4-5,7,9,11H,2-3,6,8,16H2,1H3. The van der Waals surface area contributed by atoms with E-state index in [0.717, 1.165) is 35.0 Å². The predicted octanol–water partition coefficient (Wildman–Crippen LogP) is 2.70. The Morgan fingerprint density at radius 1 is 1.50 bits per heavy atom. The third-order valence-corrected chi connectivity index (χ3v) is 4.32. The highest BCUT2D eigenvalue weighted by Crippen LogP contribution is 2.28. The molecule has 0 bridgehead atoms. The SMILES string of the molecule is COc1ccc(Br)c(CC(=O)C2CCC(N)C2)c1. The van der Waals surface area contributed by atoms with Crippen LogP contribution in [-0.2, 0) is 11.2 Å². The Hall–Kier alpha value is -0.870. The average Bonchev–Trinajstić information content (AvgIpc) is 2.79. The van der Waals surface area contributed by atoms with Crippen LogP contribution in [0.2, 0.25) is 0 Å². The largest absolute Gasteiger partial charge is 0.497 e. The van der Waals surface area contributed by atoms with E-state index in [1.807, 2.05) is 18.2 Å². The molecule has 2 atom stereocenters. The summed E-state index contributed by atoms with van der Waals surface area (Å²) in [6.07, 6.45) is 3.19. The van der Waals surface area contributed by atoms with Crippen molar-refractivity contribution in [1.82, 2.24) is 0 Å². The summed E-state index contributed by atoms with van der Waals surface area (Å²) in [4.78, 5) is 12.2. The Bertz CT molecular complexity index is 447. The summed E-state index contributed by atoms with van der Waals surface area (Å²) in [5, 5.41) is 0. The van der Waals surface area contributed by atoms with Gasteiger partial charge in [0, 0.05) is 22.9 Å². The minimum atomic E-state index is 0.137. The molecule has 2 rings (SSSR count). The van der Waals surface area contributed by atoms with E-state index in [2.05, 4.69) is 15.9 Å². The van der Waals surface area contributed by atoms with Crippen molar-refractivity contribution >= 4 is 21.7 Å². The maximum absolute atomic E-state index is 12.2. The number of carbonyl (C=O) groups is 1. The molecule has 98 valence electrons. The van der Waals surface area contributed by atoms with Crippen LogP contribution < -0.4 is 10.5 Å². The number of rotatable bonds is 4. The number of ether oxygens (including phenoxy) is 1. The van der Waals surface area contributed by atoms with Gasteiger partial charge in [-0.15, -0.1) is 0 Å². The molecule has 1 aliphatic rings. The second-order valence-electron chi connectivity index (χ2n) is 4.87. The van der Waals surface area contributed by atoms with E-state index in [9.17, 15) is 4.79 Å². The van der Waals surface area contributed by atoms with E-state index in [1.165, 1.54) is 0 Å². The Balaban J connectivity index is 2.06. The fraction of sp³-hybridized carbons (Fsp3) is 0.500. The van der Waals surface area contributed by atoms with Crippen LogP contribution >= 0.6 is 15.9 Å². The molecule has 1 aliphatic carbocycles. The summed E-state index contributed by atoms with van der Waals surface area (Å²) in [7, 11) is 1.63. The van der Waals surface area contributed by atoms with Gasteiger partial charge in [-0.25, -0.2) is 0 Å². The van der Waals surface area contributed by atoms with Crippen molar-refractivity contribution in [2.45, 2.75) is 31.7 Å². The molecular formula is C14H18BrNO2. The van der Waals surface area contributed by atoms with Crippen molar-refractivity contribution in [3.05, 3.63) is 28.2 Å². The molecule has 1 aromatic rings. The van der Waals surface area contributed by atoms with Gasteiger partial charge in [-0.05, 0) is 43.0 Å². The molecule has 18 heavy (non-hydrogen) atoms. The lowest BCUT2D eigenvalue weighted by atomic mass is 9.96. The highest BCUT2D eigenvalue weighted by atomic mass is 79.9. The van der Waals surface area contributed by atoms with Crippen molar-refractivity contribution in [2.24, 2.45) is 11.7 Å². The van der Waals surface area contributed by atoms with Crippen molar-refractivity contribution < 1.29 is 9.53 Å². The van der Waals surface area contributed by atoms with Gasteiger partial charge in [-0.2, -0.15) is 0 Å². The number of benzene rings is 1. The zero-order valence-electron chi connectivity index (χ0n) is 10.5. The molecule has 0 amide bonds. The van der Waals surface area contributed by atoms with Gasteiger partial charge in [0.1, 0.15) is 11.5 Å². The molecular weight excluding hydrogens is 294 g/mol. The second kappa shape index (κ2) is 5.85. The van der Waals surface area contributed by atoms with Crippen molar-refractivity contribution in [1.29, 1.82) is 0 Å². The number of carbonyl (C=O) groups excluding carboxylic acids is 1. The lowest BCUT2D eigenvalue weighted by molar-refractivity contribution is -0.122. The van der Waals surface area contributed by atoms with Gasteiger partial charge in [0.25, 0.3) is 0 Å². The molecule has 1 fully saturated rings. The topological polar surface area (TPSA) is 52.3 Å². The zero-order valence-corrected chi connectivity index (χ0v) is 12.1. The summed E-state index contributed by atoms with van der Waals surface area (Å²) in [6, 6.07) is 5.91. The van der Waals surface area contributed by atoms with Crippen molar-refractivity contribution in [2.75, 3.05) is 7.11 Å². The van der Waals surface area contributed by atoms with Crippen LogP contribution in [0.15, 0.2) is 22.7 Å². The third-order valence-electron chi connectivity index (χ3n) is 3.55. The van der Waals surface area contributed by atoms with Crippen molar-refractivity contribution in [3.63, 3.8) is 0 Å². The maximum Gasteiger partial charge on any atom is 0.140 e. The van der Waals surface area contributed by atoms with Crippen LogP contribution in [-0.4, -0.2) is 18.9 Å². The van der Waals surface area contributed by atoms with Gasteiger partial charge in [0.15, 0.2) is 0 Å². The van der Waals surface area contributed by atoms with Crippen LogP contribution in [0, 0.1) is 5.92 Å². The molecule has 1 aromatic carbocycles. The first-order chi connectivity index (χ1) is 8.60. The highest BCUT2D eigenvalue weighted by Gasteiger charge is 2.27. The zero-order chi connectivity index (χ0) is 13.1. The molecule has 1 saturated carbocycles. The number of ketones is 1. The molecule has 0 radical (unpaired) electrons. The van der Waals surface area contributed by atoms with Gasteiger partial charge in [-0.3, -0.25) is 4.79 Å². The molecule has 0 aromatic heterocycles. The molecule has 2 N–H and O–H groups in total. The van der Waals surface area contributed by atoms with E-state index in [4.69, 9.17) is 10.5 Å². The van der Waals surface area contributed by atoms with Crippen LogP contribution in [0.25, 0.3) is 0 Å². The molecule has 0 heterocycles. The number of methoxy groups -OCH3 is 1. The maximum atomic E-state index is 12.2. The third kappa shape index (κ3) is 3.12. The van der Waals surface area contributed by atoms with Gasteiger partial charge >= 0.3 is 0 Å². The van der Waals surface area contributed by atoms with Gasteiger partial charge in [0.2, 0.25) is 0 Å². The van der Waals surface area contributed by atoms with Crippen LogP contribution in [0.1, 0.15) is 24.8 Å². The van der Waals surface area contributed by atoms with E-state index < -0.39 is 0 Å².